The van der Waals surface area contributed by atoms with Gasteiger partial charge >= 0.3 is 5.97 Å². The summed E-state index contributed by atoms with van der Waals surface area (Å²) in [6, 6.07) is 2.42. The Kier molecular flexibility index (Phi) is 10.6. The molecule has 17 heavy (non-hydrogen) atoms. The molecule has 102 valence electrons. The Morgan fingerprint density at radius 1 is 1.06 bits per heavy atom. The molecule has 3 heteroatoms. The fourth-order valence-electron chi connectivity index (χ4n) is 2.36. The lowest BCUT2D eigenvalue weighted by molar-refractivity contribution is -0.143. The van der Waals surface area contributed by atoms with Gasteiger partial charge in [-0.3, -0.25) is 4.79 Å². The number of unbranched alkanes of at least 4 members (excludes halogenated alkanes) is 3. The Balaban J connectivity index is 3.91. The lowest BCUT2D eigenvalue weighted by Crippen LogP contribution is -2.27. The molecule has 1 atom stereocenters. The van der Waals surface area contributed by atoms with E-state index >= 15 is 0 Å². The second-order valence-corrected chi connectivity index (χ2v) is 8.78. The highest BCUT2D eigenvalue weighted by Gasteiger charge is 2.26. The van der Waals surface area contributed by atoms with Crippen LogP contribution in [0.25, 0.3) is 0 Å². The molecule has 0 fully saturated rings. The van der Waals surface area contributed by atoms with Gasteiger partial charge in [0.2, 0.25) is 0 Å². The van der Waals surface area contributed by atoms with Crippen molar-refractivity contribution in [3.05, 3.63) is 0 Å². The van der Waals surface area contributed by atoms with Crippen LogP contribution >= 0.6 is 0 Å². The summed E-state index contributed by atoms with van der Waals surface area (Å²) in [4.78, 5) is 12.0. The molecule has 2 nitrogen and oxygen atoms in total. The number of carbonyl (C=O) groups excluding carboxylic acids is 1. The van der Waals surface area contributed by atoms with Gasteiger partial charge in [-0.1, -0.05) is 59.0 Å². The molecule has 1 unspecified atom stereocenters. The molecule has 0 aromatic carbocycles. The van der Waals surface area contributed by atoms with Crippen molar-refractivity contribution in [2.75, 3.05) is 6.61 Å². The lowest BCUT2D eigenvalue weighted by Gasteiger charge is -2.21. The third kappa shape index (κ3) is 6.87. The third-order valence-electron chi connectivity index (χ3n) is 3.60. The minimum Gasteiger partial charge on any atom is -0.466 e. The van der Waals surface area contributed by atoms with Crippen molar-refractivity contribution >= 4 is 14.8 Å². The predicted octanol–water partition coefficient (Wildman–Crippen LogP) is 4.16. The molecule has 0 aliphatic carbocycles. The standard InChI is InChI=1S/C14H30O2Si/c1-5-9-10-11-12-16-14(15)13(6-2)17(7-3)8-4/h13,17H,5-12H2,1-4H3. The van der Waals surface area contributed by atoms with Crippen LogP contribution in [0.1, 0.15) is 59.8 Å². The largest absolute Gasteiger partial charge is 0.466 e. The molecule has 0 aromatic heterocycles. The van der Waals surface area contributed by atoms with Crippen molar-refractivity contribution in [3.8, 4) is 0 Å². The predicted molar refractivity (Wildman–Crippen MR) is 77.3 cm³/mol. The number of carbonyl (C=O) groups is 1. The van der Waals surface area contributed by atoms with Gasteiger partial charge in [-0.15, -0.1) is 0 Å². The maximum atomic E-state index is 12.0. The van der Waals surface area contributed by atoms with Gasteiger partial charge < -0.3 is 4.74 Å². The first-order valence-electron chi connectivity index (χ1n) is 7.37. The SMILES string of the molecule is CCCCCCOC(=O)C(CC)[SiH](CC)CC. The van der Waals surface area contributed by atoms with Crippen LogP contribution in [-0.4, -0.2) is 21.4 Å². The number of hydrogen-bond acceptors (Lipinski definition) is 2. The van der Waals surface area contributed by atoms with E-state index in [4.69, 9.17) is 4.74 Å². The fourth-order valence-corrected chi connectivity index (χ4v) is 5.22. The van der Waals surface area contributed by atoms with E-state index in [9.17, 15) is 4.79 Å². The molecule has 0 saturated carbocycles. The van der Waals surface area contributed by atoms with Crippen LogP contribution in [0.5, 0.6) is 0 Å². The highest BCUT2D eigenvalue weighted by molar-refractivity contribution is 6.64. The topological polar surface area (TPSA) is 26.3 Å². The van der Waals surface area contributed by atoms with Crippen molar-refractivity contribution in [3.63, 3.8) is 0 Å². The normalized spacial score (nSPS) is 12.8. The van der Waals surface area contributed by atoms with E-state index < -0.39 is 8.80 Å². The first-order valence-corrected chi connectivity index (χ1v) is 9.67. The maximum Gasteiger partial charge on any atom is 0.305 e. The molecule has 0 bridgehead atoms. The summed E-state index contributed by atoms with van der Waals surface area (Å²) in [7, 11) is -0.904. The van der Waals surface area contributed by atoms with Crippen molar-refractivity contribution in [2.45, 2.75) is 77.4 Å². The van der Waals surface area contributed by atoms with Crippen LogP contribution in [0.3, 0.4) is 0 Å². The van der Waals surface area contributed by atoms with Crippen LogP contribution in [0.2, 0.25) is 17.6 Å². The molecular formula is C14H30O2Si. The van der Waals surface area contributed by atoms with E-state index in [-0.39, 0.29) is 11.5 Å². The van der Waals surface area contributed by atoms with Gasteiger partial charge in [-0.2, -0.15) is 0 Å². The number of ether oxygens (including phenoxy) is 1. The summed E-state index contributed by atoms with van der Waals surface area (Å²) in [5.41, 5.74) is 0.246. The number of hydrogen-bond donors (Lipinski definition) is 0. The number of esters is 1. The minimum absolute atomic E-state index is 0.0874. The van der Waals surface area contributed by atoms with Crippen LogP contribution in [-0.2, 0) is 9.53 Å². The molecule has 0 radical (unpaired) electrons. The maximum absolute atomic E-state index is 12.0. The molecule has 0 rings (SSSR count). The average molecular weight is 258 g/mol. The smallest absolute Gasteiger partial charge is 0.305 e. The zero-order valence-corrected chi connectivity index (χ0v) is 13.3. The zero-order chi connectivity index (χ0) is 13.1. The van der Waals surface area contributed by atoms with Crippen molar-refractivity contribution in [1.29, 1.82) is 0 Å². The molecule has 0 heterocycles. The summed E-state index contributed by atoms with van der Waals surface area (Å²) >= 11 is 0. The first-order chi connectivity index (χ1) is 8.21. The van der Waals surface area contributed by atoms with Gasteiger partial charge in [0.1, 0.15) is 0 Å². The third-order valence-corrected chi connectivity index (χ3v) is 7.58. The zero-order valence-electron chi connectivity index (χ0n) is 12.1. The van der Waals surface area contributed by atoms with Gasteiger partial charge in [0.15, 0.2) is 0 Å². The molecule has 0 aromatic rings. The lowest BCUT2D eigenvalue weighted by atomic mass is 10.2. The van der Waals surface area contributed by atoms with Crippen LogP contribution in [0.4, 0.5) is 0 Å². The Morgan fingerprint density at radius 2 is 1.71 bits per heavy atom. The van der Waals surface area contributed by atoms with Gasteiger partial charge in [0, 0.05) is 5.54 Å². The summed E-state index contributed by atoms with van der Waals surface area (Å²) < 4.78 is 5.42. The van der Waals surface area contributed by atoms with E-state index in [0.717, 1.165) is 12.8 Å². The summed E-state index contributed by atoms with van der Waals surface area (Å²) in [6.07, 6.45) is 5.65. The summed E-state index contributed by atoms with van der Waals surface area (Å²) in [5, 5.41) is 0. The quantitative estimate of drug-likeness (QED) is 0.334. The highest BCUT2D eigenvalue weighted by atomic mass is 28.3. The van der Waals surface area contributed by atoms with Gasteiger partial charge in [-0.05, 0) is 12.8 Å². The Labute approximate surface area is 109 Å². The van der Waals surface area contributed by atoms with Crippen LogP contribution in [0.15, 0.2) is 0 Å². The van der Waals surface area contributed by atoms with Crippen molar-refractivity contribution in [1.82, 2.24) is 0 Å². The van der Waals surface area contributed by atoms with Gasteiger partial charge in [0.25, 0.3) is 0 Å². The fraction of sp³-hybridized carbons (Fsp3) is 0.929. The second kappa shape index (κ2) is 10.8. The molecular weight excluding hydrogens is 228 g/mol. The molecule has 0 spiro atoms. The Hall–Kier alpha value is -0.313. The molecule has 0 aliphatic rings. The molecule has 0 aliphatic heterocycles. The number of rotatable bonds is 10. The van der Waals surface area contributed by atoms with E-state index in [0.29, 0.717) is 6.61 Å². The highest BCUT2D eigenvalue weighted by Crippen LogP contribution is 2.22. The van der Waals surface area contributed by atoms with Crippen molar-refractivity contribution in [2.24, 2.45) is 0 Å². The van der Waals surface area contributed by atoms with Crippen molar-refractivity contribution < 1.29 is 9.53 Å². The van der Waals surface area contributed by atoms with Crippen LogP contribution < -0.4 is 0 Å². The Bertz CT molecular complexity index is 191. The molecule has 0 amide bonds. The van der Waals surface area contributed by atoms with E-state index in [2.05, 4.69) is 27.7 Å². The van der Waals surface area contributed by atoms with E-state index in [1.807, 2.05) is 0 Å². The average Bonchev–Trinajstić information content (AvgIpc) is 2.35. The summed E-state index contributed by atoms with van der Waals surface area (Å²) in [5.74, 6) is 0.0874. The second-order valence-electron chi connectivity index (χ2n) is 4.82. The molecule has 0 N–H and O–H groups in total. The van der Waals surface area contributed by atoms with E-state index in [1.54, 1.807) is 0 Å². The van der Waals surface area contributed by atoms with Gasteiger partial charge in [0.05, 0.1) is 15.4 Å². The molecule has 0 saturated heterocycles. The van der Waals surface area contributed by atoms with Crippen LogP contribution in [0, 0.1) is 0 Å². The Morgan fingerprint density at radius 3 is 2.18 bits per heavy atom. The summed E-state index contributed by atoms with van der Waals surface area (Å²) in [6.45, 7) is 9.38. The monoisotopic (exact) mass is 258 g/mol. The first kappa shape index (κ1) is 16.7. The van der Waals surface area contributed by atoms with E-state index in [1.165, 1.54) is 31.4 Å². The van der Waals surface area contributed by atoms with Gasteiger partial charge in [-0.25, -0.2) is 0 Å². The minimum atomic E-state index is -0.904.